The summed E-state index contributed by atoms with van der Waals surface area (Å²) in [6.45, 7) is 0. The predicted octanol–water partition coefficient (Wildman–Crippen LogP) is 4.16. The maximum atomic E-state index is 12.6. The zero-order valence-corrected chi connectivity index (χ0v) is 14.6. The Bertz CT molecular complexity index is 1010. The fourth-order valence-electron chi connectivity index (χ4n) is 2.57. The van der Waals surface area contributed by atoms with Gasteiger partial charge in [-0.15, -0.1) is 0 Å². The van der Waals surface area contributed by atoms with Crippen LogP contribution in [0.1, 0.15) is 31.8 Å². The molecule has 0 aromatic heterocycles. The lowest BCUT2D eigenvalue weighted by Gasteiger charge is -2.05. The Hall–Kier alpha value is -3.73. The monoisotopic (exact) mass is 359 g/mol. The molecule has 0 atom stereocenters. The second-order valence-electron chi connectivity index (χ2n) is 5.74. The molecule has 5 heteroatoms. The first-order valence-corrected chi connectivity index (χ1v) is 8.24. The lowest BCUT2D eigenvalue weighted by atomic mass is 10.0. The molecule has 5 nitrogen and oxygen atoms in total. The SMILES string of the molecule is COC(=O)c1ccccc1C=Nc1cc(C(=O)c2ccccc2)ccc1O. The number of carbonyl (C=O) groups excluding carboxylic acids is 2. The first-order chi connectivity index (χ1) is 13.1. The smallest absolute Gasteiger partial charge is 0.338 e. The van der Waals surface area contributed by atoms with Crippen LogP contribution in [0.25, 0.3) is 0 Å². The van der Waals surface area contributed by atoms with Crippen LogP contribution in [-0.2, 0) is 4.74 Å². The Balaban J connectivity index is 1.93. The number of aliphatic imine (C=N–C) groups is 1. The van der Waals surface area contributed by atoms with E-state index in [2.05, 4.69) is 4.99 Å². The van der Waals surface area contributed by atoms with Crippen molar-refractivity contribution in [2.75, 3.05) is 7.11 Å². The van der Waals surface area contributed by atoms with Crippen LogP contribution < -0.4 is 0 Å². The number of esters is 1. The van der Waals surface area contributed by atoms with E-state index in [0.29, 0.717) is 22.3 Å². The standard InChI is InChI=1S/C22H17NO4/c1-27-22(26)18-10-6-5-9-17(18)14-23-19-13-16(11-12-20(19)24)21(25)15-7-3-2-4-8-15/h2-14,24H,1H3. The lowest BCUT2D eigenvalue weighted by molar-refractivity contribution is 0.0600. The van der Waals surface area contributed by atoms with Crippen LogP contribution in [0, 0.1) is 0 Å². The van der Waals surface area contributed by atoms with E-state index >= 15 is 0 Å². The number of methoxy groups -OCH3 is 1. The van der Waals surface area contributed by atoms with Crippen molar-refractivity contribution < 1.29 is 19.4 Å². The number of benzene rings is 3. The van der Waals surface area contributed by atoms with Gasteiger partial charge in [-0.2, -0.15) is 0 Å². The van der Waals surface area contributed by atoms with Gasteiger partial charge in [-0.05, 0) is 24.3 Å². The number of hydrogen-bond donors (Lipinski definition) is 1. The van der Waals surface area contributed by atoms with Crippen molar-refractivity contribution in [3.63, 3.8) is 0 Å². The summed E-state index contributed by atoms with van der Waals surface area (Å²) in [6, 6.07) is 20.2. The molecule has 134 valence electrons. The Labute approximate surface area is 156 Å². The van der Waals surface area contributed by atoms with E-state index in [-0.39, 0.29) is 17.2 Å². The molecule has 0 aliphatic heterocycles. The van der Waals surface area contributed by atoms with E-state index in [9.17, 15) is 14.7 Å². The highest BCUT2D eigenvalue weighted by Gasteiger charge is 2.12. The van der Waals surface area contributed by atoms with Crippen LogP contribution in [-0.4, -0.2) is 30.2 Å². The number of phenolic OH excluding ortho intramolecular Hbond substituents is 1. The van der Waals surface area contributed by atoms with E-state index in [4.69, 9.17) is 4.74 Å². The molecule has 3 aromatic carbocycles. The number of nitrogens with zero attached hydrogens (tertiary/aromatic N) is 1. The summed E-state index contributed by atoms with van der Waals surface area (Å²) in [6.07, 6.45) is 1.46. The quantitative estimate of drug-likeness (QED) is 0.422. The third-order valence-corrected chi connectivity index (χ3v) is 3.98. The molecule has 0 bridgehead atoms. The minimum Gasteiger partial charge on any atom is -0.506 e. The summed E-state index contributed by atoms with van der Waals surface area (Å²) >= 11 is 0. The van der Waals surface area contributed by atoms with Gasteiger partial charge in [0.05, 0.1) is 12.7 Å². The highest BCUT2D eigenvalue weighted by Crippen LogP contribution is 2.28. The molecule has 0 unspecified atom stereocenters. The largest absolute Gasteiger partial charge is 0.506 e. The molecule has 0 aliphatic rings. The van der Waals surface area contributed by atoms with Crippen LogP contribution in [0.15, 0.2) is 77.8 Å². The van der Waals surface area contributed by atoms with Crippen LogP contribution in [0.3, 0.4) is 0 Å². The minimum absolute atomic E-state index is 0.0635. The Morgan fingerprint density at radius 1 is 0.926 bits per heavy atom. The summed E-state index contributed by atoms with van der Waals surface area (Å²) in [5.74, 6) is -0.706. The molecule has 1 N–H and O–H groups in total. The number of hydrogen-bond acceptors (Lipinski definition) is 5. The number of ketones is 1. The van der Waals surface area contributed by atoms with Gasteiger partial charge in [-0.25, -0.2) is 4.79 Å². The first-order valence-electron chi connectivity index (χ1n) is 8.24. The molecule has 0 heterocycles. The van der Waals surface area contributed by atoms with Gasteiger partial charge < -0.3 is 9.84 Å². The summed E-state index contributed by atoms with van der Waals surface area (Å²) in [5.41, 5.74) is 2.10. The summed E-state index contributed by atoms with van der Waals surface area (Å²) in [4.78, 5) is 28.7. The maximum absolute atomic E-state index is 12.6. The van der Waals surface area contributed by atoms with E-state index in [1.54, 1.807) is 54.6 Å². The van der Waals surface area contributed by atoms with Crippen LogP contribution in [0.2, 0.25) is 0 Å². The lowest BCUT2D eigenvalue weighted by Crippen LogP contribution is -2.05. The average Bonchev–Trinajstić information content (AvgIpc) is 2.73. The van der Waals surface area contributed by atoms with E-state index in [0.717, 1.165) is 0 Å². The summed E-state index contributed by atoms with van der Waals surface area (Å²) in [7, 11) is 1.31. The Morgan fingerprint density at radius 3 is 2.37 bits per heavy atom. The number of aromatic hydroxyl groups is 1. The second-order valence-corrected chi connectivity index (χ2v) is 5.74. The Kier molecular flexibility index (Phi) is 5.42. The van der Waals surface area contributed by atoms with E-state index in [1.807, 2.05) is 6.07 Å². The number of rotatable bonds is 5. The molecule has 0 radical (unpaired) electrons. The van der Waals surface area contributed by atoms with Gasteiger partial charge in [0.2, 0.25) is 0 Å². The highest BCUT2D eigenvalue weighted by molar-refractivity contribution is 6.09. The van der Waals surface area contributed by atoms with Crippen molar-refractivity contribution in [1.82, 2.24) is 0 Å². The van der Waals surface area contributed by atoms with Gasteiger partial charge in [-0.3, -0.25) is 9.79 Å². The number of ether oxygens (including phenoxy) is 1. The fraction of sp³-hybridized carbons (Fsp3) is 0.0455. The van der Waals surface area contributed by atoms with Crippen LogP contribution in [0.4, 0.5) is 5.69 Å². The highest BCUT2D eigenvalue weighted by atomic mass is 16.5. The molecule has 27 heavy (non-hydrogen) atoms. The normalized spacial score (nSPS) is 10.7. The fourth-order valence-corrected chi connectivity index (χ4v) is 2.57. The van der Waals surface area contributed by atoms with E-state index in [1.165, 1.54) is 25.5 Å². The minimum atomic E-state index is -0.478. The number of phenols is 1. The van der Waals surface area contributed by atoms with Crippen molar-refractivity contribution in [3.05, 3.63) is 95.1 Å². The molecule has 0 spiro atoms. The Morgan fingerprint density at radius 2 is 1.63 bits per heavy atom. The molecule has 0 aliphatic carbocycles. The third kappa shape index (κ3) is 4.10. The second kappa shape index (κ2) is 8.10. The topological polar surface area (TPSA) is 76.0 Å². The van der Waals surface area contributed by atoms with Crippen molar-refractivity contribution in [3.8, 4) is 5.75 Å². The zero-order chi connectivity index (χ0) is 19.2. The molecule has 0 saturated heterocycles. The third-order valence-electron chi connectivity index (χ3n) is 3.98. The van der Waals surface area contributed by atoms with Crippen LogP contribution >= 0.6 is 0 Å². The maximum Gasteiger partial charge on any atom is 0.338 e. The van der Waals surface area contributed by atoms with Gasteiger partial charge in [0.25, 0.3) is 0 Å². The van der Waals surface area contributed by atoms with Crippen molar-refractivity contribution in [1.29, 1.82) is 0 Å². The molecular formula is C22H17NO4. The van der Waals surface area contributed by atoms with Crippen LogP contribution in [0.5, 0.6) is 5.75 Å². The number of carbonyl (C=O) groups is 2. The molecule has 3 aromatic rings. The van der Waals surface area contributed by atoms with Gasteiger partial charge in [0, 0.05) is 22.9 Å². The average molecular weight is 359 g/mol. The van der Waals surface area contributed by atoms with Crippen molar-refractivity contribution in [2.24, 2.45) is 4.99 Å². The summed E-state index contributed by atoms with van der Waals surface area (Å²) in [5, 5.41) is 10.1. The van der Waals surface area contributed by atoms with E-state index < -0.39 is 5.97 Å². The van der Waals surface area contributed by atoms with Crippen molar-refractivity contribution >= 4 is 23.7 Å². The molecular weight excluding hydrogens is 342 g/mol. The first kappa shape index (κ1) is 18.1. The molecule has 0 amide bonds. The summed E-state index contributed by atoms with van der Waals surface area (Å²) < 4.78 is 4.76. The van der Waals surface area contributed by atoms with Gasteiger partial charge in [-0.1, -0.05) is 48.5 Å². The molecule has 0 fully saturated rings. The van der Waals surface area contributed by atoms with Gasteiger partial charge >= 0.3 is 5.97 Å². The zero-order valence-electron chi connectivity index (χ0n) is 14.6. The van der Waals surface area contributed by atoms with Gasteiger partial charge in [0.1, 0.15) is 11.4 Å². The predicted molar refractivity (Wildman–Crippen MR) is 103 cm³/mol. The molecule has 3 rings (SSSR count). The molecule has 0 saturated carbocycles. The van der Waals surface area contributed by atoms with Gasteiger partial charge in [0.15, 0.2) is 5.78 Å². The van der Waals surface area contributed by atoms with Crippen molar-refractivity contribution in [2.45, 2.75) is 0 Å².